The molecule has 2 nitrogen and oxygen atoms in total. The van der Waals surface area contributed by atoms with Crippen molar-refractivity contribution in [3.05, 3.63) is 35.1 Å². The monoisotopic (exact) mass is 164 g/mol. The van der Waals surface area contributed by atoms with Gasteiger partial charge in [0.1, 0.15) is 0 Å². The molecule has 0 aromatic rings. The van der Waals surface area contributed by atoms with Gasteiger partial charge in [-0.3, -0.25) is 0 Å². The second kappa shape index (κ2) is 2.43. The lowest BCUT2D eigenvalue weighted by Crippen LogP contribution is -1.67. The van der Waals surface area contributed by atoms with Crippen LogP contribution in [-0.2, 0) is 0 Å². The zero-order valence-electron chi connectivity index (χ0n) is 7.59. The van der Waals surface area contributed by atoms with Gasteiger partial charge in [0.05, 0.1) is 14.1 Å². The van der Waals surface area contributed by atoms with Gasteiger partial charge in [0, 0.05) is 0 Å². The van der Waals surface area contributed by atoms with Crippen LogP contribution in [0.2, 0.25) is 0 Å². The third-order valence-corrected chi connectivity index (χ3v) is 1.52. The maximum atomic E-state index is 7.59. The van der Waals surface area contributed by atoms with E-state index in [1.165, 1.54) is 0 Å². The molecule has 54 valence electrons. The van der Waals surface area contributed by atoms with E-state index in [9.17, 15) is 0 Å². The van der Waals surface area contributed by atoms with E-state index in [2.05, 4.69) is 9.97 Å². The molecule has 0 unspecified atom stereocenters. The lowest BCUT2D eigenvalue weighted by Gasteiger charge is -1.82. The van der Waals surface area contributed by atoms with Crippen molar-refractivity contribution < 1.29 is 2.74 Å². The first-order valence-corrected chi connectivity index (χ1v) is 3.55. The summed E-state index contributed by atoms with van der Waals surface area (Å²) in [7, 11) is 0. The standard InChI is InChI=1S/C8H6N2S/c11-8-9-6-4-2-1-3-5-7(6)10-8/h1-5H,(H,9,10,11)/i4D,5D. The predicted octanol–water partition coefficient (Wildman–Crippen LogP) is 2.24. The molecule has 2 aliphatic rings. The molecule has 0 saturated heterocycles. The smallest absolute Gasteiger partial charge is 0.197 e. The number of nitrogens with zero attached hydrogens (tertiary/aromatic N) is 1. The van der Waals surface area contributed by atoms with Crippen molar-refractivity contribution in [2.45, 2.75) is 0 Å². The predicted molar refractivity (Wildman–Crippen MR) is 46.0 cm³/mol. The highest BCUT2D eigenvalue weighted by atomic mass is 32.1. The number of aromatic nitrogens is 2. The number of H-pyrrole nitrogens is 1. The van der Waals surface area contributed by atoms with Crippen molar-refractivity contribution in [1.29, 1.82) is 0 Å². The molecule has 0 spiro atoms. The fourth-order valence-electron chi connectivity index (χ4n) is 0.867. The average Bonchev–Trinajstić information content (AvgIpc) is 2.41. The van der Waals surface area contributed by atoms with E-state index in [4.69, 9.17) is 15.0 Å². The number of hydrogen-bond acceptors (Lipinski definition) is 2. The van der Waals surface area contributed by atoms with Crippen LogP contribution < -0.4 is 0 Å². The highest BCUT2D eigenvalue weighted by Crippen LogP contribution is 2.13. The summed E-state index contributed by atoms with van der Waals surface area (Å²) in [6.45, 7) is 0. The van der Waals surface area contributed by atoms with Crippen molar-refractivity contribution in [3.8, 4) is 11.4 Å². The Morgan fingerprint density at radius 3 is 3.09 bits per heavy atom. The topological polar surface area (TPSA) is 28.7 Å². The van der Waals surface area contributed by atoms with E-state index in [1.54, 1.807) is 18.2 Å². The maximum absolute atomic E-state index is 7.59. The van der Waals surface area contributed by atoms with Crippen molar-refractivity contribution in [2.75, 3.05) is 0 Å². The molecule has 1 aliphatic heterocycles. The number of fused-ring (bicyclic) bond motifs is 1. The van der Waals surface area contributed by atoms with Gasteiger partial charge in [0.15, 0.2) is 4.77 Å². The minimum atomic E-state index is 0.279. The Hall–Kier alpha value is -1.22. The van der Waals surface area contributed by atoms with Gasteiger partial charge in [-0.1, -0.05) is 18.2 Å². The zero-order valence-corrected chi connectivity index (χ0v) is 6.40. The SMILES string of the molecule is [2H]c1cccc([2H])c2[nH]c(=S)nc1-2. The van der Waals surface area contributed by atoms with Crippen LogP contribution in [0.3, 0.4) is 0 Å². The maximum Gasteiger partial charge on any atom is 0.197 e. The molecule has 0 saturated carbocycles. The molecular formula is C8H6N2S. The summed E-state index contributed by atoms with van der Waals surface area (Å²) in [4.78, 5) is 6.75. The van der Waals surface area contributed by atoms with Gasteiger partial charge in [-0.2, -0.15) is 0 Å². The molecule has 0 radical (unpaired) electrons. The van der Waals surface area contributed by atoms with Crippen LogP contribution >= 0.6 is 12.2 Å². The highest BCUT2D eigenvalue weighted by molar-refractivity contribution is 7.71. The van der Waals surface area contributed by atoms with E-state index in [0.717, 1.165) is 0 Å². The lowest BCUT2D eigenvalue weighted by molar-refractivity contribution is 1.29. The number of aromatic amines is 1. The van der Waals surface area contributed by atoms with E-state index in [1.807, 2.05) is 0 Å². The lowest BCUT2D eigenvalue weighted by atomic mass is 10.3. The van der Waals surface area contributed by atoms with Crippen molar-refractivity contribution in [2.24, 2.45) is 0 Å². The van der Waals surface area contributed by atoms with Gasteiger partial charge >= 0.3 is 0 Å². The molecule has 2 rings (SSSR count). The van der Waals surface area contributed by atoms with Crippen LogP contribution in [-0.4, -0.2) is 9.97 Å². The largest absolute Gasteiger partial charge is 0.329 e. The Balaban J connectivity index is 2.91. The van der Waals surface area contributed by atoms with Crippen LogP contribution in [0.15, 0.2) is 30.3 Å². The molecule has 0 fully saturated rings. The third kappa shape index (κ3) is 1.14. The summed E-state index contributed by atoms with van der Waals surface area (Å²) in [5.74, 6) is 0. The van der Waals surface area contributed by atoms with Crippen LogP contribution in [0.4, 0.5) is 0 Å². The van der Waals surface area contributed by atoms with Gasteiger partial charge in [-0.15, -0.1) is 0 Å². The van der Waals surface area contributed by atoms with Gasteiger partial charge in [0.25, 0.3) is 0 Å². The first kappa shape index (κ1) is 4.62. The number of hydrogen-bond donors (Lipinski definition) is 1. The Morgan fingerprint density at radius 2 is 2.18 bits per heavy atom. The Bertz CT molecular complexity index is 441. The van der Waals surface area contributed by atoms with Crippen LogP contribution in [0.5, 0.6) is 0 Å². The molecule has 1 aliphatic carbocycles. The number of rotatable bonds is 0. The number of imidazole rings is 1. The van der Waals surface area contributed by atoms with Crippen LogP contribution in [0, 0.1) is 4.77 Å². The summed E-state index contributed by atoms with van der Waals surface area (Å²) in [6.07, 6.45) is 0. The normalized spacial score (nSPS) is 12.7. The number of nitrogens with one attached hydrogen (secondary N) is 1. The van der Waals surface area contributed by atoms with E-state index in [0.29, 0.717) is 22.2 Å². The first-order valence-electron chi connectivity index (χ1n) is 4.15. The fourth-order valence-corrected chi connectivity index (χ4v) is 1.06. The molecule has 0 aromatic carbocycles. The summed E-state index contributed by atoms with van der Waals surface area (Å²) < 4.78 is 15.5. The van der Waals surface area contributed by atoms with Crippen molar-refractivity contribution >= 4 is 12.2 Å². The van der Waals surface area contributed by atoms with Crippen molar-refractivity contribution in [1.82, 2.24) is 9.97 Å². The molecule has 0 aromatic heterocycles. The van der Waals surface area contributed by atoms with Crippen LogP contribution in [0.1, 0.15) is 2.74 Å². The summed E-state index contributed by atoms with van der Waals surface area (Å²) >= 11 is 4.83. The Labute approximate surface area is 72.1 Å². The molecule has 3 heteroatoms. The third-order valence-electron chi connectivity index (χ3n) is 1.32. The average molecular weight is 164 g/mol. The molecule has 0 atom stereocenters. The second-order valence-corrected chi connectivity index (χ2v) is 2.47. The van der Waals surface area contributed by atoms with E-state index in [-0.39, 0.29) is 6.04 Å². The molecular weight excluding hydrogens is 156 g/mol. The molecule has 0 bridgehead atoms. The molecule has 0 amide bonds. The quantitative estimate of drug-likeness (QED) is 0.605. The zero-order chi connectivity index (χ0) is 9.42. The van der Waals surface area contributed by atoms with Gasteiger partial charge < -0.3 is 4.98 Å². The molecule has 1 heterocycles. The molecule has 11 heavy (non-hydrogen) atoms. The van der Waals surface area contributed by atoms with Crippen LogP contribution in [0.25, 0.3) is 11.4 Å². The van der Waals surface area contributed by atoms with Gasteiger partial charge in [-0.05, 0) is 24.3 Å². The summed E-state index contributed by atoms with van der Waals surface area (Å²) in [5, 5.41) is 0. The fraction of sp³-hybridized carbons (Fsp3) is 0. The minimum absolute atomic E-state index is 0.279. The molecule has 1 N–H and O–H groups in total. The first-order chi connectivity index (χ1) is 6.18. The second-order valence-electron chi connectivity index (χ2n) is 2.08. The highest BCUT2D eigenvalue weighted by Gasteiger charge is 1.99. The van der Waals surface area contributed by atoms with Gasteiger partial charge in [0.2, 0.25) is 0 Å². The van der Waals surface area contributed by atoms with Gasteiger partial charge in [-0.25, -0.2) is 4.98 Å². The minimum Gasteiger partial charge on any atom is -0.329 e. The van der Waals surface area contributed by atoms with Crippen molar-refractivity contribution in [3.63, 3.8) is 0 Å². The Morgan fingerprint density at radius 1 is 1.36 bits per heavy atom. The van der Waals surface area contributed by atoms with E-state index < -0.39 is 0 Å². The van der Waals surface area contributed by atoms with E-state index >= 15 is 0 Å². The summed E-state index contributed by atoms with van der Waals surface area (Å²) in [5.41, 5.74) is 0.986. The Kier molecular flexibility index (Phi) is 1.02. The summed E-state index contributed by atoms with van der Waals surface area (Å²) in [6, 6.07) is 5.44.